The van der Waals surface area contributed by atoms with Crippen molar-refractivity contribution in [2.75, 3.05) is 31.3 Å². The molecule has 1 amide bonds. The summed E-state index contributed by atoms with van der Waals surface area (Å²) in [7, 11) is 3.70. The molecule has 0 spiro atoms. The molecule has 1 aliphatic heterocycles. The molecule has 1 atom stereocenters. The molecule has 1 fully saturated rings. The summed E-state index contributed by atoms with van der Waals surface area (Å²) in [5.74, 6) is 2.04. The molecular formula is C12H20N6OS. The zero-order valence-corrected chi connectivity index (χ0v) is 12.6. The second-order valence-electron chi connectivity index (χ2n) is 4.89. The Balaban J connectivity index is 2.01. The van der Waals surface area contributed by atoms with Gasteiger partial charge in [0.15, 0.2) is 0 Å². The van der Waals surface area contributed by atoms with E-state index in [0.717, 1.165) is 25.8 Å². The maximum Gasteiger partial charge on any atom is 0.233 e. The number of carbonyl (C=O) groups excluding carboxylic acids is 1. The molecule has 3 N–H and O–H groups in total. The summed E-state index contributed by atoms with van der Waals surface area (Å²) >= 11 is 1.56. The number of carbonyl (C=O) groups is 1. The fourth-order valence-corrected chi connectivity index (χ4v) is 2.98. The van der Waals surface area contributed by atoms with Crippen LogP contribution in [0.15, 0.2) is 0 Å². The van der Waals surface area contributed by atoms with Crippen LogP contribution in [-0.4, -0.2) is 46.7 Å². The number of nitrogens with one attached hydrogen (secondary N) is 1. The van der Waals surface area contributed by atoms with Crippen molar-refractivity contribution in [1.82, 2.24) is 20.3 Å². The average Bonchev–Trinajstić information content (AvgIpc) is 2.60. The van der Waals surface area contributed by atoms with Gasteiger partial charge in [0, 0.05) is 20.6 Å². The summed E-state index contributed by atoms with van der Waals surface area (Å²) < 4.78 is 0. The van der Waals surface area contributed by atoms with E-state index in [4.69, 9.17) is 5.73 Å². The summed E-state index contributed by atoms with van der Waals surface area (Å²) in [6, 6.07) is 0. The van der Waals surface area contributed by atoms with Crippen molar-refractivity contribution in [1.29, 1.82) is 0 Å². The molecule has 0 aliphatic carbocycles. The molecule has 20 heavy (non-hydrogen) atoms. The van der Waals surface area contributed by atoms with Crippen LogP contribution in [0.4, 0.5) is 11.9 Å². The monoisotopic (exact) mass is 296 g/mol. The third kappa shape index (κ3) is 3.96. The Morgan fingerprint density at radius 1 is 1.35 bits per heavy atom. The molecule has 0 aromatic carbocycles. The number of amides is 1. The fraction of sp³-hybridized carbons (Fsp3) is 0.667. The van der Waals surface area contributed by atoms with Crippen LogP contribution < -0.4 is 16.0 Å². The van der Waals surface area contributed by atoms with Crippen LogP contribution in [0, 0.1) is 0 Å². The minimum Gasteiger partial charge on any atom is -0.368 e. The van der Waals surface area contributed by atoms with Crippen molar-refractivity contribution >= 4 is 29.6 Å². The normalized spacial score (nSPS) is 19.3. The lowest BCUT2D eigenvalue weighted by molar-refractivity contribution is -0.120. The minimum atomic E-state index is -0.0294. The quantitative estimate of drug-likeness (QED) is 0.831. The van der Waals surface area contributed by atoms with Crippen molar-refractivity contribution < 1.29 is 4.79 Å². The maximum atomic E-state index is 11.9. The second kappa shape index (κ2) is 6.74. The Kier molecular flexibility index (Phi) is 4.99. The first kappa shape index (κ1) is 14.8. The smallest absolute Gasteiger partial charge is 0.233 e. The average molecular weight is 296 g/mol. The molecule has 0 saturated carbocycles. The van der Waals surface area contributed by atoms with E-state index >= 15 is 0 Å². The van der Waals surface area contributed by atoms with Gasteiger partial charge in [0.1, 0.15) is 5.82 Å². The van der Waals surface area contributed by atoms with Gasteiger partial charge >= 0.3 is 0 Å². The zero-order chi connectivity index (χ0) is 14.5. The largest absolute Gasteiger partial charge is 0.368 e. The van der Waals surface area contributed by atoms with Crippen LogP contribution in [-0.2, 0) is 10.5 Å². The molecule has 0 radical (unpaired) electrons. The van der Waals surface area contributed by atoms with E-state index in [1.165, 1.54) is 0 Å². The summed E-state index contributed by atoms with van der Waals surface area (Å²) in [5, 5.41) is 2.90. The highest BCUT2D eigenvalue weighted by atomic mass is 32.2. The van der Waals surface area contributed by atoms with E-state index in [-0.39, 0.29) is 17.1 Å². The Hall–Kier alpha value is -1.57. The van der Waals surface area contributed by atoms with Crippen LogP contribution in [0.1, 0.15) is 25.1 Å². The van der Waals surface area contributed by atoms with Crippen molar-refractivity contribution in [3.63, 3.8) is 0 Å². The molecule has 0 unspecified atom stereocenters. The molecule has 7 nitrogen and oxygen atoms in total. The molecule has 110 valence electrons. The van der Waals surface area contributed by atoms with Gasteiger partial charge in [-0.05, 0) is 12.8 Å². The zero-order valence-electron chi connectivity index (χ0n) is 11.8. The predicted molar refractivity (Wildman–Crippen MR) is 80.5 cm³/mol. The number of rotatable bonds is 4. The summed E-state index contributed by atoms with van der Waals surface area (Å²) in [4.78, 5) is 26.2. The van der Waals surface area contributed by atoms with Crippen LogP contribution >= 0.6 is 11.8 Å². The SMILES string of the molecule is CN(C)c1nc(N)nc(CS[C@H]2CCCCNC2=O)n1. The molecule has 1 aromatic heterocycles. The second-order valence-corrected chi connectivity index (χ2v) is 6.08. The Morgan fingerprint density at radius 3 is 2.90 bits per heavy atom. The van der Waals surface area contributed by atoms with Crippen LogP contribution in [0.2, 0.25) is 0 Å². The maximum absolute atomic E-state index is 11.9. The number of hydrogen-bond acceptors (Lipinski definition) is 7. The molecule has 1 saturated heterocycles. The van der Waals surface area contributed by atoms with Gasteiger partial charge in [0.25, 0.3) is 0 Å². The Morgan fingerprint density at radius 2 is 2.15 bits per heavy atom. The first-order valence-corrected chi connectivity index (χ1v) is 7.68. The highest BCUT2D eigenvalue weighted by Gasteiger charge is 2.21. The molecule has 1 aliphatic rings. The molecule has 8 heteroatoms. The van der Waals surface area contributed by atoms with Gasteiger partial charge in [-0.25, -0.2) is 0 Å². The van der Waals surface area contributed by atoms with Crippen molar-refractivity contribution in [2.24, 2.45) is 0 Å². The highest BCUT2D eigenvalue weighted by Crippen LogP contribution is 2.23. The van der Waals surface area contributed by atoms with Crippen LogP contribution in [0.3, 0.4) is 0 Å². The van der Waals surface area contributed by atoms with Crippen molar-refractivity contribution in [2.45, 2.75) is 30.3 Å². The van der Waals surface area contributed by atoms with E-state index in [1.807, 2.05) is 14.1 Å². The van der Waals surface area contributed by atoms with Gasteiger partial charge in [-0.3, -0.25) is 4.79 Å². The van der Waals surface area contributed by atoms with E-state index < -0.39 is 0 Å². The molecule has 2 rings (SSSR count). The topological polar surface area (TPSA) is 97.0 Å². The fourth-order valence-electron chi connectivity index (χ4n) is 1.94. The molecule has 0 bridgehead atoms. The van der Waals surface area contributed by atoms with E-state index in [9.17, 15) is 4.79 Å². The van der Waals surface area contributed by atoms with Gasteiger partial charge in [0.2, 0.25) is 17.8 Å². The van der Waals surface area contributed by atoms with E-state index in [1.54, 1.807) is 16.7 Å². The number of hydrogen-bond donors (Lipinski definition) is 2. The van der Waals surface area contributed by atoms with Gasteiger partial charge in [-0.1, -0.05) is 6.42 Å². The minimum absolute atomic E-state index is 0.0294. The summed E-state index contributed by atoms with van der Waals surface area (Å²) in [6.45, 7) is 0.777. The number of thioether (sulfide) groups is 1. The third-order valence-corrected chi connectivity index (χ3v) is 4.26. The Bertz CT molecular complexity index is 481. The highest BCUT2D eigenvalue weighted by molar-refractivity contribution is 7.99. The van der Waals surface area contributed by atoms with Crippen molar-refractivity contribution in [3.8, 4) is 0 Å². The van der Waals surface area contributed by atoms with E-state index in [2.05, 4.69) is 20.3 Å². The standard InChI is InChI=1S/C12H20N6OS/c1-18(2)12-16-9(15-11(13)17-12)7-20-8-5-3-4-6-14-10(8)19/h8H,3-7H2,1-2H3,(H,14,19)(H2,13,15,16,17)/t8-/m0/s1. The number of nitrogens with two attached hydrogens (primary N) is 1. The number of nitrogens with zero attached hydrogens (tertiary/aromatic N) is 4. The lowest BCUT2D eigenvalue weighted by atomic mass is 10.2. The molecule has 1 aromatic rings. The number of aromatic nitrogens is 3. The lowest BCUT2D eigenvalue weighted by Crippen LogP contribution is -2.30. The van der Waals surface area contributed by atoms with Gasteiger partial charge in [0.05, 0.1) is 11.0 Å². The number of anilines is 2. The van der Waals surface area contributed by atoms with Crippen LogP contribution in [0.25, 0.3) is 0 Å². The third-order valence-electron chi connectivity index (χ3n) is 2.99. The first-order valence-electron chi connectivity index (χ1n) is 6.63. The Labute approximate surface area is 122 Å². The summed E-state index contributed by atoms with van der Waals surface area (Å²) in [6.07, 6.45) is 3.02. The summed E-state index contributed by atoms with van der Waals surface area (Å²) in [5.41, 5.74) is 5.68. The van der Waals surface area contributed by atoms with Crippen molar-refractivity contribution in [3.05, 3.63) is 5.82 Å². The van der Waals surface area contributed by atoms with Crippen LogP contribution in [0.5, 0.6) is 0 Å². The van der Waals surface area contributed by atoms with Gasteiger partial charge < -0.3 is 16.0 Å². The van der Waals surface area contributed by atoms with E-state index in [0.29, 0.717) is 17.5 Å². The lowest BCUT2D eigenvalue weighted by Gasteiger charge is -2.14. The van der Waals surface area contributed by atoms with Gasteiger partial charge in [-0.2, -0.15) is 15.0 Å². The molecular weight excluding hydrogens is 276 g/mol. The first-order chi connectivity index (χ1) is 9.56. The predicted octanol–water partition coefficient (Wildman–Crippen LogP) is 0.422. The molecule has 2 heterocycles. The van der Waals surface area contributed by atoms with Gasteiger partial charge in [-0.15, -0.1) is 11.8 Å². The number of nitrogen functional groups attached to an aromatic ring is 1.